The van der Waals surface area contributed by atoms with Crippen LogP contribution in [0.2, 0.25) is 0 Å². The molecule has 120 valence electrons. The third kappa shape index (κ3) is 6.76. The maximum Gasteiger partial charge on any atom is 0.418 e. The van der Waals surface area contributed by atoms with E-state index in [1.165, 1.54) is 19.3 Å². The monoisotopic (exact) mass is 315 g/mol. The van der Waals surface area contributed by atoms with Crippen LogP contribution in [0.4, 0.5) is 26.3 Å². The number of hydrogen-bond acceptors (Lipinski definition) is 3. The van der Waals surface area contributed by atoms with E-state index in [0.29, 0.717) is 0 Å². The molecule has 0 aliphatic carbocycles. The zero-order chi connectivity index (χ0) is 16.1. The van der Waals surface area contributed by atoms with Crippen LogP contribution in [0, 0.1) is 0 Å². The van der Waals surface area contributed by atoms with E-state index in [1.807, 2.05) is 0 Å². The van der Waals surface area contributed by atoms with Crippen molar-refractivity contribution in [3.63, 3.8) is 0 Å². The minimum Gasteiger partial charge on any atom is -0.310 e. The molecule has 3 nitrogen and oxygen atoms in total. The largest absolute Gasteiger partial charge is 0.418 e. The molecule has 0 bridgehead atoms. The van der Waals surface area contributed by atoms with Gasteiger partial charge in [0.05, 0.1) is 17.8 Å². The lowest BCUT2D eigenvalue weighted by molar-refractivity contribution is -0.143. The van der Waals surface area contributed by atoms with Crippen LogP contribution in [-0.4, -0.2) is 42.7 Å². The minimum absolute atomic E-state index is 0.0632. The Morgan fingerprint density at radius 3 is 2.43 bits per heavy atom. The Labute approximate surface area is 118 Å². The molecule has 0 fully saturated rings. The highest BCUT2D eigenvalue weighted by Gasteiger charge is 2.33. The summed E-state index contributed by atoms with van der Waals surface area (Å²) < 4.78 is 74.2. The van der Waals surface area contributed by atoms with Gasteiger partial charge in [0.25, 0.3) is 0 Å². The molecule has 0 spiro atoms. The fourth-order valence-corrected chi connectivity index (χ4v) is 1.70. The van der Waals surface area contributed by atoms with Crippen molar-refractivity contribution in [2.24, 2.45) is 0 Å². The zero-order valence-electron chi connectivity index (χ0n) is 11.2. The van der Waals surface area contributed by atoms with Crippen molar-refractivity contribution in [3.8, 4) is 0 Å². The molecule has 0 aliphatic heterocycles. The van der Waals surface area contributed by atoms with E-state index in [4.69, 9.17) is 0 Å². The van der Waals surface area contributed by atoms with E-state index in [9.17, 15) is 26.3 Å². The first kappa shape index (κ1) is 17.7. The summed E-state index contributed by atoms with van der Waals surface area (Å²) in [5, 5.41) is 2.66. The molecule has 1 rings (SSSR count). The number of halogens is 6. The van der Waals surface area contributed by atoms with Crippen molar-refractivity contribution in [1.29, 1.82) is 0 Å². The first-order chi connectivity index (χ1) is 9.59. The molecule has 0 amide bonds. The molecule has 1 aromatic rings. The van der Waals surface area contributed by atoms with Crippen LogP contribution in [0.5, 0.6) is 0 Å². The zero-order valence-corrected chi connectivity index (χ0v) is 11.2. The van der Waals surface area contributed by atoms with Crippen molar-refractivity contribution < 1.29 is 26.3 Å². The summed E-state index contributed by atoms with van der Waals surface area (Å²) in [5.41, 5.74) is -1.02. The molecular weight excluding hydrogens is 300 g/mol. The van der Waals surface area contributed by atoms with Crippen LogP contribution in [0.3, 0.4) is 0 Å². The SMILES string of the molecule is CN(CCNCc1ncccc1C(F)(F)F)CC(F)(F)F. The van der Waals surface area contributed by atoms with Crippen molar-refractivity contribution in [3.05, 3.63) is 29.6 Å². The Morgan fingerprint density at radius 2 is 1.86 bits per heavy atom. The third-order valence-corrected chi connectivity index (χ3v) is 2.61. The smallest absolute Gasteiger partial charge is 0.310 e. The van der Waals surface area contributed by atoms with Crippen molar-refractivity contribution in [1.82, 2.24) is 15.2 Å². The van der Waals surface area contributed by atoms with Gasteiger partial charge >= 0.3 is 12.4 Å². The first-order valence-electron chi connectivity index (χ1n) is 6.06. The topological polar surface area (TPSA) is 28.2 Å². The fraction of sp³-hybridized carbons (Fsp3) is 0.583. The molecular formula is C12H15F6N3. The number of rotatable bonds is 6. The van der Waals surface area contributed by atoms with Gasteiger partial charge in [-0.25, -0.2) is 0 Å². The highest BCUT2D eigenvalue weighted by molar-refractivity contribution is 5.22. The van der Waals surface area contributed by atoms with Gasteiger partial charge in [0.1, 0.15) is 0 Å². The van der Waals surface area contributed by atoms with Crippen LogP contribution >= 0.6 is 0 Å². The van der Waals surface area contributed by atoms with Gasteiger partial charge in [-0.2, -0.15) is 26.3 Å². The van der Waals surface area contributed by atoms with Gasteiger partial charge < -0.3 is 5.32 Å². The summed E-state index contributed by atoms with van der Waals surface area (Å²) in [5.74, 6) is 0. The maximum absolute atomic E-state index is 12.7. The minimum atomic E-state index is -4.50. The summed E-state index contributed by atoms with van der Waals surface area (Å²) in [6.45, 7) is -1.03. The molecule has 0 radical (unpaired) electrons. The standard InChI is InChI=1S/C12H15F6N3/c1-21(8-11(13,14)15)6-5-19-7-10-9(12(16,17)18)3-2-4-20-10/h2-4,19H,5-8H2,1H3. The highest BCUT2D eigenvalue weighted by atomic mass is 19.4. The average molecular weight is 315 g/mol. The van der Waals surface area contributed by atoms with Gasteiger partial charge in [-0.3, -0.25) is 9.88 Å². The predicted octanol–water partition coefficient (Wildman–Crippen LogP) is 2.68. The summed E-state index contributed by atoms with van der Waals surface area (Å²) in [4.78, 5) is 4.68. The number of nitrogens with zero attached hydrogens (tertiary/aromatic N) is 2. The number of nitrogens with one attached hydrogen (secondary N) is 1. The van der Waals surface area contributed by atoms with E-state index in [1.54, 1.807) is 0 Å². The molecule has 1 aromatic heterocycles. The lowest BCUT2D eigenvalue weighted by atomic mass is 10.2. The molecule has 0 saturated carbocycles. The van der Waals surface area contributed by atoms with Crippen LogP contribution in [0.1, 0.15) is 11.3 Å². The molecule has 1 N–H and O–H groups in total. The van der Waals surface area contributed by atoms with Crippen molar-refractivity contribution >= 4 is 0 Å². The summed E-state index contributed by atoms with van der Waals surface area (Å²) in [6.07, 6.45) is -7.56. The Kier molecular flexibility index (Phi) is 5.97. The van der Waals surface area contributed by atoms with E-state index in [-0.39, 0.29) is 25.3 Å². The van der Waals surface area contributed by atoms with E-state index in [2.05, 4.69) is 10.3 Å². The second-order valence-corrected chi connectivity index (χ2v) is 4.53. The molecule has 9 heteroatoms. The quantitative estimate of drug-likeness (QED) is 0.646. The van der Waals surface area contributed by atoms with Gasteiger partial charge in [0, 0.05) is 25.8 Å². The van der Waals surface area contributed by atoms with Crippen LogP contribution in [0.25, 0.3) is 0 Å². The molecule has 21 heavy (non-hydrogen) atoms. The molecule has 0 atom stereocenters. The number of likely N-dealkylation sites (N-methyl/N-ethyl adjacent to an activating group) is 1. The van der Waals surface area contributed by atoms with Crippen LogP contribution in [0.15, 0.2) is 18.3 Å². The van der Waals surface area contributed by atoms with Crippen molar-refractivity contribution in [2.75, 3.05) is 26.7 Å². The molecule has 0 saturated heterocycles. The average Bonchev–Trinajstić information content (AvgIpc) is 2.32. The summed E-state index contributed by atoms with van der Waals surface area (Å²) in [7, 11) is 1.29. The van der Waals surface area contributed by atoms with Crippen LogP contribution in [-0.2, 0) is 12.7 Å². The fourth-order valence-electron chi connectivity index (χ4n) is 1.70. The maximum atomic E-state index is 12.7. The molecule has 0 unspecified atom stereocenters. The van der Waals surface area contributed by atoms with Gasteiger partial charge in [-0.1, -0.05) is 0 Å². The van der Waals surface area contributed by atoms with Gasteiger partial charge in [-0.05, 0) is 19.2 Å². The predicted molar refractivity (Wildman–Crippen MR) is 64.5 cm³/mol. The molecule has 0 aliphatic rings. The lowest BCUT2D eigenvalue weighted by Crippen LogP contribution is -2.36. The van der Waals surface area contributed by atoms with Gasteiger partial charge in [-0.15, -0.1) is 0 Å². The first-order valence-corrected chi connectivity index (χ1v) is 6.06. The highest BCUT2D eigenvalue weighted by Crippen LogP contribution is 2.30. The Hall–Kier alpha value is -1.35. The number of aromatic nitrogens is 1. The van der Waals surface area contributed by atoms with Crippen LogP contribution < -0.4 is 5.32 Å². The second kappa shape index (κ2) is 7.08. The Morgan fingerprint density at radius 1 is 1.19 bits per heavy atom. The van der Waals surface area contributed by atoms with Gasteiger partial charge in [0.15, 0.2) is 0 Å². The molecule has 1 heterocycles. The number of pyridine rings is 1. The Bertz CT molecular complexity index is 443. The van der Waals surface area contributed by atoms with E-state index in [0.717, 1.165) is 11.0 Å². The summed E-state index contributed by atoms with van der Waals surface area (Å²) >= 11 is 0. The normalized spacial score (nSPS) is 13.0. The van der Waals surface area contributed by atoms with Gasteiger partial charge in [0.2, 0.25) is 0 Å². The van der Waals surface area contributed by atoms with E-state index < -0.39 is 24.5 Å². The summed E-state index contributed by atoms with van der Waals surface area (Å²) in [6, 6.07) is 2.10. The Balaban J connectivity index is 2.44. The van der Waals surface area contributed by atoms with E-state index >= 15 is 0 Å². The number of hydrogen-bond donors (Lipinski definition) is 1. The molecule has 0 aromatic carbocycles. The lowest BCUT2D eigenvalue weighted by Gasteiger charge is -2.19. The number of alkyl halides is 6. The van der Waals surface area contributed by atoms with Crippen molar-refractivity contribution in [2.45, 2.75) is 18.9 Å². The second-order valence-electron chi connectivity index (χ2n) is 4.53. The third-order valence-electron chi connectivity index (χ3n) is 2.61.